The normalized spacial score (nSPS) is 29.5. The molecule has 0 radical (unpaired) electrons. The van der Waals surface area contributed by atoms with Gasteiger partial charge in [-0.3, -0.25) is 4.79 Å². The lowest BCUT2D eigenvalue weighted by atomic mass is 9.97. The summed E-state index contributed by atoms with van der Waals surface area (Å²) in [5, 5.41) is 85.6. The molecule has 56 heavy (non-hydrogen) atoms. The van der Waals surface area contributed by atoms with Gasteiger partial charge in [0.15, 0.2) is 12.6 Å². The van der Waals surface area contributed by atoms with Gasteiger partial charge in [-0.25, -0.2) is 0 Å². The molecule has 0 aromatic carbocycles. The van der Waals surface area contributed by atoms with Crippen molar-refractivity contribution in [3.05, 3.63) is 12.2 Å². The smallest absolute Gasteiger partial charge is 0.220 e. The minimum Gasteiger partial charge on any atom is -0.394 e. The quantitative estimate of drug-likeness (QED) is 0.0350. The zero-order chi connectivity index (χ0) is 41.1. The largest absolute Gasteiger partial charge is 0.394 e. The number of rotatable bonds is 32. The molecule has 0 aromatic heterocycles. The molecule has 12 unspecified atom stereocenters. The third-order valence-corrected chi connectivity index (χ3v) is 11.0. The highest BCUT2D eigenvalue weighted by atomic mass is 16.7. The number of hydrogen-bond donors (Lipinski definition) is 9. The zero-order valence-electron chi connectivity index (χ0n) is 34.4. The third-order valence-electron chi connectivity index (χ3n) is 11.0. The van der Waals surface area contributed by atoms with Crippen molar-refractivity contribution in [1.29, 1.82) is 0 Å². The molecule has 2 saturated heterocycles. The van der Waals surface area contributed by atoms with Crippen molar-refractivity contribution >= 4 is 5.91 Å². The molecule has 0 saturated carbocycles. The van der Waals surface area contributed by atoms with Gasteiger partial charge in [0, 0.05) is 6.42 Å². The number of carbonyl (C=O) groups is 1. The Morgan fingerprint density at radius 2 is 1.11 bits per heavy atom. The van der Waals surface area contributed by atoms with E-state index in [9.17, 15) is 45.6 Å². The van der Waals surface area contributed by atoms with E-state index in [1.54, 1.807) is 12.2 Å². The predicted molar refractivity (Wildman–Crippen MR) is 212 cm³/mol. The van der Waals surface area contributed by atoms with E-state index in [4.69, 9.17) is 18.9 Å². The molecule has 12 atom stereocenters. The molecular formula is C42H79NO13. The molecular weight excluding hydrogens is 726 g/mol. The van der Waals surface area contributed by atoms with Gasteiger partial charge >= 0.3 is 0 Å². The van der Waals surface area contributed by atoms with Crippen LogP contribution < -0.4 is 5.32 Å². The maximum absolute atomic E-state index is 12.9. The van der Waals surface area contributed by atoms with Gasteiger partial charge in [0.05, 0.1) is 32.0 Å². The Morgan fingerprint density at radius 3 is 1.61 bits per heavy atom. The van der Waals surface area contributed by atoms with Crippen LogP contribution in [0.1, 0.15) is 155 Å². The van der Waals surface area contributed by atoms with E-state index in [1.807, 2.05) is 6.92 Å². The number of carbonyl (C=O) groups excluding carboxylic acids is 1. The molecule has 2 heterocycles. The summed E-state index contributed by atoms with van der Waals surface area (Å²) in [5.74, 6) is -0.250. The number of nitrogens with one attached hydrogen (secondary N) is 1. The molecule has 0 bridgehead atoms. The summed E-state index contributed by atoms with van der Waals surface area (Å²) in [7, 11) is 0. The first kappa shape index (κ1) is 50.9. The lowest BCUT2D eigenvalue weighted by molar-refractivity contribution is -0.359. The molecule has 2 rings (SSSR count). The summed E-state index contributed by atoms with van der Waals surface area (Å²) in [6, 6.07) is -0.903. The van der Waals surface area contributed by atoms with E-state index in [0.29, 0.717) is 6.42 Å². The molecule has 2 aliphatic heterocycles. The number of aliphatic hydroxyl groups is 8. The molecule has 14 nitrogen and oxygen atoms in total. The third kappa shape index (κ3) is 19.2. The van der Waals surface area contributed by atoms with E-state index in [-0.39, 0.29) is 18.9 Å². The van der Waals surface area contributed by atoms with Crippen LogP contribution in [-0.4, -0.2) is 140 Å². The second kappa shape index (κ2) is 30.7. The Balaban J connectivity index is 1.71. The number of unbranched alkanes of at least 4 members (excludes halogenated alkanes) is 19. The maximum atomic E-state index is 12.9. The van der Waals surface area contributed by atoms with Gasteiger partial charge in [0.1, 0.15) is 48.8 Å². The average molecular weight is 806 g/mol. The fraction of sp³-hybridized carbons (Fsp3) is 0.929. The molecule has 0 aliphatic carbocycles. The molecule has 9 N–H and O–H groups in total. The monoisotopic (exact) mass is 806 g/mol. The molecule has 0 spiro atoms. The Labute approximate surface area is 336 Å². The van der Waals surface area contributed by atoms with Crippen molar-refractivity contribution in [3.63, 3.8) is 0 Å². The highest BCUT2D eigenvalue weighted by Gasteiger charge is 2.50. The van der Waals surface area contributed by atoms with Crippen molar-refractivity contribution in [1.82, 2.24) is 5.32 Å². The molecule has 0 aromatic rings. The fourth-order valence-electron chi connectivity index (χ4n) is 7.30. The van der Waals surface area contributed by atoms with Crippen LogP contribution in [0.4, 0.5) is 0 Å². The Hall–Kier alpha value is -1.27. The van der Waals surface area contributed by atoms with Crippen LogP contribution in [-0.2, 0) is 23.7 Å². The van der Waals surface area contributed by atoms with E-state index >= 15 is 0 Å². The maximum Gasteiger partial charge on any atom is 0.220 e. The summed E-state index contributed by atoms with van der Waals surface area (Å²) in [6.07, 6.45) is 12.3. The Morgan fingerprint density at radius 1 is 0.625 bits per heavy atom. The first-order valence-corrected chi connectivity index (χ1v) is 21.9. The van der Waals surface area contributed by atoms with Gasteiger partial charge in [-0.1, -0.05) is 148 Å². The highest BCUT2D eigenvalue weighted by Crippen LogP contribution is 2.30. The second-order valence-corrected chi connectivity index (χ2v) is 15.8. The topological polar surface area (TPSA) is 228 Å². The highest BCUT2D eigenvalue weighted by molar-refractivity contribution is 5.76. The number of amides is 1. The molecule has 1 amide bonds. The van der Waals surface area contributed by atoms with Crippen LogP contribution in [0.5, 0.6) is 0 Å². The van der Waals surface area contributed by atoms with Crippen molar-refractivity contribution < 1.29 is 64.6 Å². The van der Waals surface area contributed by atoms with Crippen molar-refractivity contribution in [2.45, 2.75) is 229 Å². The summed E-state index contributed by atoms with van der Waals surface area (Å²) in [4.78, 5) is 12.9. The van der Waals surface area contributed by atoms with Crippen molar-refractivity contribution in [2.75, 3.05) is 19.8 Å². The zero-order valence-corrected chi connectivity index (χ0v) is 34.4. The standard InChI is InChI=1S/C42H79NO13/c1-3-5-7-8-9-10-11-12-13-14-15-16-17-18-19-20-21-22-24-26-34(47)43-30(31(46)25-23-6-4-2)29-53-41-39(52)37(50)40(33(28-45)55-41)56-42-38(51)36(49)35(48)32(27-44)54-42/h23,25,30-33,35-42,44-46,48-52H,3-22,24,26-29H2,1-2H3,(H,43,47)/b25-23+. The Kier molecular flexibility index (Phi) is 27.9. The Bertz CT molecular complexity index is 1000. The van der Waals surface area contributed by atoms with Crippen LogP contribution in [0.2, 0.25) is 0 Å². The first-order valence-electron chi connectivity index (χ1n) is 21.9. The lowest BCUT2D eigenvalue weighted by Gasteiger charge is -2.46. The summed E-state index contributed by atoms with van der Waals surface area (Å²) in [5.41, 5.74) is 0. The van der Waals surface area contributed by atoms with Crippen molar-refractivity contribution in [3.8, 4) is 0 Å². The number of ether oxygens (including phenoxy) is 4. The minimum atomic E-state index is -1.78. The van der Waals surface area contributed by atoms with Crippen LogP contribution in [0.25, 0.3) is 0 Å². The van der Waals surface area contributed by atoms with Crippen LogP contribution in [0.15, 0.2) is 12.2 Å². The summed E-state index contributed by atoms with van der Waals surface area (Å²) < 4.78 is 22.4. The molecule has 14 heteroatoms. The van der Waals surface area contributed by atoms with Crippen LogP contribution in [0, 0.1) is 0 Å². The van der Waals surface area contributed by atoms with Gasteiger partial charge in [0.2, 0.25) is 5.91 Å². The lowest BCUT2D eigenvalue weighted by Crippen LogP contribution is -2.65. The van der Waals surface area contributed by atoms with Gasteiger partial charge in [-0.2, -0.15) is 0 Å². The van der Waals surface area contributed by atoms with E-state index < -0.39 is 86.8 Å². The van der Waals surface area contributed by atoms with E-state index in [0.717, 1.165) is 32.1 Å². The van der Waals surface area contributed by atoms with Gasteiger partial charge in [-0.05, 0) is 12.8 Å². The minimum absolute atomic E-state index is 0.250. The molecule has 330 valence electrons. The van der Waals surface area contributed by atoms with Gasteiger partial charge in [-0.15, -0.1) is 0 Å². The fourth-order valence-corrected chi connectivity index (χ4v) is 7.30. The number of aliphatic hydroxyl groups excluding tert-OH is 8. The van der Waals surface area contributed by atoms with E-state index in [2.05, 4.69) is 12.2 Å². The van der Waals surface area contributed by atoms with Crippen LogP contribution >= 0.6 is 0 Å². The van der Waals surface area contributed by atoms with Gasteiger partial charge in [0.25, 0.3) is 0 Å². The van der Waals surface area contributed by atoms with Crippen molar-refractivity contribution in [2.24, 2.45) is 0 Å². The average Bonchev–Trinajstić information content (AvgIpc) is 3.19. The van der Waals surface area contributed by atoms with Crippen LogP contribution in [0.3, 0.4) is 0 Å². The second-order valence-electron chi connectivity index (χ2n) is 15.8. The summed E-state index contributed by atoms with van der Waals surface area (Å²) in [6.45, 7) is 2.55. The SMILES string of the molecule is CCC/C=C/C(O)C(COC1OC(CO)C(OC2OC(CO)C(O)C(O)C2O)C(O)C1O)NC(=O)CCCCCCCCCCCCCCCCCCCCC. The van der Waals surface area contributed by atoms with Gasteiger partial charge < -0.3 is 65.1 Å². The number of hydrogen-bond acceptors (Lipinski definition) is 13. The molecule has 2 fully saturated rings. The summed E-state index contributed by atoms with van der Waals surface area (Å²) >= 11 is 0. The molecule has 2 aliphatic rings. The first-order chi connectivity index (χ1) is 27.1. The number of allylic oxidation sites excluding steroid dienone is 1. The van der Waals surface area contributed by atoms with E-state index in [1.165, 1.54) is 96.3 Å². The predicted octanol–water partition coefficient (Wildman–Crippen LogP) is 3.65.